The van der Waals surface area contributed by atoms with E-state index in [4.69, 9.17) is 4.74 Å². The number of anilines is 1. The monoisotopic (exact) mass is 463 g/mol. The number of carbonyl (C=O) groups excluding carboxylic acids is 1. The third-order valence-corrected chi connectivity index (χ3v) is 7.91. The maximum Gasteiger partial charge on any atom is 0.257 e. The maximum absolute atomic E-state index is 13.7. The van der Waals surface area contributed by atoms with Gasteiger partial charge >= 0.3 is 0 Å². The molecule has 2 aromatic rings. The topological polar surface area (TPSA) is 98.2 Å². The Kier molecular flexibility index (Phi) is 6.23. The molecule has 0 radical (unpaired) electrons. The molecule has 2 aliphatic rings. The van der Waals surface area contributed by atoms with Gasteiger partial charge in [0.2, 0.25) is 5.88 Å². The lowest BCUT2D eigenvalue weighted by atomic mass is 9.98. The summed E-state index contributed by atoms with van der Waals surface area (Å²) in [6.07, 6.45) is 2.33. The number of carbonyl (C=O) groups is 1. The number of hydrogen-bond acceptors (Lipinski definition) is 6. The minimum Gasteiger partial charge on any atom is -0.480 e. The number of amides is 1. The van der Waals surface area contributed by atoms with Gasteiger partial charge in [0, 0.05) is 5.57 Å². The molecule has 0 saturated heterocycles. The van der Waals surface area contributed by atoms with Crippen LogP contribution >= 0.6 is 0 Å². The van der Waals surface area contributed by atoms with E-state index in [0.717, 1.165) is 0 Å². The second-order valence-electron chi connectivity index (χ2n) is 8.01. The van der Waals surface area contributed by atoms with E-state index in [-0.39, 0.29) is 40.3 Å². The van der Waals surface area contributed by atoms with E-state index in [1.165, 1.54) is 43.8 Å². The highest BCUT2D eigenvalue weighted by Crippen LogP contribution is 2.36. The number of aromatic nitrogens is 2. The van der Waals surface area contributed by atoms with Crippen LogP contribution < -0.4 is 10.1 Å². The Hall–Kier alpha value is -2.88. The largest absolute Gasteiger partial charge is 0.480 e. The highest BCUT2D eigenvalue weighted by molar-refractivity contribution is 7.92. The van der Waals surface area contributed by atoms with E-state index in [1.54, 1.807) is 6.08 Å². The van der Waals surface area contributed by atoms with Crippen molar-refractivity contribution in [3.8, 4) is 5.88 Å². The zero-order chi connectivity index (χ0) is 22.9. The number of nitrogens with one attached hydrogen (secondary N) is 1. The van der Waals surface area contributed by atoms with E-state index >= 15 is 0 Å². The molecular formula is C22H23F2N3O4S. The molecule has 0 bridgehead atoms. The molecule has 2 aliphatic carbocycles. The van der Waals surface area contributed by atoms with E-state index in [9.17, 15) is 22.0 Å². The minimum absolute atomic E-state index is 0.0194. The molecule has 7 nitrogen and oxygen atoms in total. The summed E-state index contributed by atoms with van der Waals surface area (Å²) < 4.78 is 57.3. The van der Waals surface area contributed by atoms with E-state index < -0.39 is 34.0 Å². The Labute approximate surface area is 184 Å². The number of alkyl halides is 2. The minimum atomic E-state index is -3.37. The fourth-order valence-electron chi connectivity index (χ4n) is 3.71. The van der Waals surface area contributed by atoms with Crippen molar-refractivity contribution >= 4 is 27.1 Å². The van der Waals surface area contributed by atoms with Gasteiger partial charge in [0.1, 0.15) is 12.3 Å². The Morgan fingerprint density at radius 2 is 1.75 bits per heavy atom. The average molecular weight is 464 g/mol. The van der Waals surface area contributed by atoms with E-state index in [2.05, 4.69) is 15.3 Å². The van der Waals surface area contributed by atoms with E-state index in [0.29, 0.717) is 18.4 Å². The van der Waals surface area contributed by atoms with Crippen molar-refractivity contribution in [3.63, 3.8) is 0 Å². The van der Waals surface area contributed by atoms with Gasteiger partial charge in [-0.3, -0.25) is 4.79 Å². The van der Waals surface area contributed by atoms with Crippen LogP contribution in [0.2, 0.25) is 0 Å². The quantitative estimate of drug-likeness (QED) is 0.631. The summed E-state index contributed by atoms with van der Waals surface area (Å²) in [7, 11) is -1.93. The molecule has 1 aromatic carbocycles. The fraction of sp³-hybridized carbons (Fsp3) is 0.409. The Morgan fingerprint density at radius 3 is 2.28 bits per heavy atom. The van der Waals surface area contributed by atoms with Crippen LogP contribution in [0, 0.1) is 5.92 Å². The molecule has 1 amide bonds. The standard InChI is InChI=1S/C22H23F2N3O4S/c1-31-21-12-25-20(11-26-21)27-22(28)17(8-13-9-18(23)19(24)10-13)14-2-4-15(5-3-14)32(29,30)16-6-7-16/h2-5,8,11-13,16,18-19H,6-7,9-10H2,1H3,(H,25,27,28)/b17-8+. The van der Waals surface area contributed by atoms with Crippen LogP contribution in [0.1, 0.15) is 31.2 Å². The molecule has 170 valence electrons. The van der Waals surface area contributed by atoms with Crippen LogP contribution in [0.25, 0.3) is 5.57 Å². The Balaban J connectivity index is 1.62. The molecule has 4 rings (SSSR count). The lowest BCUT2D eigenvalue weighted by Gasteiger charge is -2.12. The first-order valence-corrected chi connectivity index (χ1v) is 11.8. The number of rotatable bonds is 7. The number of benzene rings is 1. The summed E-state index contributed by atoms with van der Waals surface area (Å²) in [6, 6.07) is 5.99. The zero-order valence-electron chi connectivity index (χ0n) is 17.4. The molecule has 0 spiro atoms. The summed E-state index contributed by atoms with van der Waals surface area (Å²) in [4.78, 5) is 21.3. The second kappa shape index (κ2) is 8.93. The number of allylic oxidation sites excluding steroid dienone is 1. The molecule has 1 aromatic heterocycles. The number of halogens is 2. The van der Waals surface area contributed by atoms with Crippen molar-refractivity contribution in [1.29, 1.82) is 0 Å². The predicted octanol–water partition coefficient (Wildman–Crippen LogP) is 3.53. The SMILES string of the molecule is COc1cnc(NC(=O)/C(=C/C2CC(F)C(F)C2)c2ccc(S(=O)(=O)C3CC3)cc2)cn1. The number of nitrogens with zero attached hydrogens (tertiary/aromatic N) is 2. The molecule has 2 saturated carbocycles. The van der Waals surface area contributed by atoms with Gasteiger partial charge < -0.3 is 10.1 Å². The molecule has 2 atom stereocenters. The van der Waals surface area contributed by atoms with Gasteiger partial charge in [0.05, 0.1) is 29.6 Å². The molecule has 2 fully saturated rings. The fourth-order valence-corrected chi connectivity index (χ4v) is 5.37. The van der Waals surface area contributed by atoms with Gasteiger partial charge in [-0.2, -0.15) is 0 Å². The molecule has 2 unspecified atom stereocenters. The summed E-state index contributed by atoms with van der Waals surface area (Å²) in [5, 5.41) is 2.27. The molecule has 1 heterocycles. The smallest absolute Gasteiger partial charge is 0.257 e. The number of sulfone groups is 1. The van der Waals surface area contributed by atoms with Gasteiger partial charge in [-0.25, -0.2) is 27.2 Å². The molecular weight excluding hydrogens is 440 g/mol. The second-order valence-corrected chi connectivity index (χ2v) is 10.2. The number of hydrogen-bond donors (Lipinski definition) is 1. The van der Waals surface area contributed by atoms with Crippen LogP contribution in [-0.2, 0) is 14.6 Å². The molecule has 32 heavy (non-hydrogen) atoms. The maximum atomic E-state index is 13.7. The first kappa shape index (κ1) is 22.3. The van der Waals surface area contributed by atoms with Gasteiger partial charge in [-0.05, 0) is 49.3 Å². The van der Waals surface area contributed by atoms with Gasteiger partial charge in [-0.15, -0.1) is 0 Å². The van der Waals surface area contributed by atoms with Crippen molar-refractivity contribution in [2.24, 2.45) is 5.92 Å². The zero-order valence-corrected chi connectivity index (χ0v) is 18.2. The van der Waals surface area contributed by atoms with Crippen LogP contribution in [-0.4, -0.2) is 49.0 Å². The van der Waals surface area contributed by atoms with Crippen molar-refractivity contribution in [3.05, 3.63) is 48.3 Å². The van der Waals surface area contributed by atoms with Gasteiger partial charge in [0.25, 0.3) is 5.91 Å². The molecule has 0 aliphatic heterocycles. The normalized spacial score (nSPS) is 23.7. The van der Waals surface area contributed by atoms with Crippen LogP contribution in [0.5, 0.6) is 5.88 Å². The third kappa shape index (κ3) is 4.79. The van der Waals surface area contributed by atoms with E-state index in [1.807, 2.05) is 0 Å². The van der Waals surface area contributed by atoms with Crippen molar-refractivity contribution in [2.45, 2.75) is 48.2 Å². The Morgan fingerprint density at radius 1 is 1.09 bits per heavy atom. The summed E-state index contributed by atoms with van der Waals surface area (Å²) in [6.45, 7) is 0. The number of ether oxygens (including phenoxy) is 1. The van der Waals surface area contributed by atoms with Gasteiger partial charge in [-0.1, -0.05) is 18.2 Å². The molecule has 10 heteroatoms. The molecule has 1 N–H and O–H groups in total. The van der Waals surface area contributed by atoms with Crippen molar-refractivity contribution in [1.82, 2.24) is 9.97 Å². The summed E-state index contributed by atoms with van der Waals surface area (Å²) >= 11 is 0. The summed E-state index contributed by atoms with van der Waals surface area (Å²) in [5.74, 6) is -0.550. The van der Waals surface area contributed by atoms with Crippen molar-refractivity contribution in [2.75, 3.05) is 12.4 Å². The highest BCUT2D eigenvalue weighted by atomic mass is 32.2. The van der Waals surface area contributed by atoms with Crippen LogP contribution in [0.15, 0.2) is 47.6 Å². The first-order valence-electron chi connectivity index (χ1n) is 10.3. The lowest BCUT2D eigenvalue weighted by molar-refractivity contribution is -0.111. The third-order valence-electron chi connectivity index (χ3n) is 5.63. The van der Waals surface area contributed by atoms with Crippen LogP contribution in [0.4, 0.5) is 14.6 Å². The summed E-state index contributed by atoms with van der Waals surface area (Å²) in [5.41, 5.74) is 0.626. The first-order chi connectivity index (χ1) is 15.3. The predicted molar refractivity (Wildman–Crippen MR) is 114 cm³/mol. The lowest BCUT2D eigenvalue weighted by Crippen LogP contribution is -2.16. The van der Waals surface area contributed by atoms with Gasteiger partial charge in [0.15, 0.2) is 15.7 Å². The van der Waals surface area contributed by atoms with Crippen LogP contribution in [0.3, 0.4) is 0 Å². The van der Waals surface area contributed by atoms with Crippen molar-refractivity contribution < 1.29 is 26.7 Å². The Bertz CT molecular complexity index is 1110. The highest BCUT2D eigenvalue weighted by Gasteiger charge is 2.37. The average Bonchev–Trinajstić information content (AvgIpc) is 3.59. The number of methoxy groups -OCH3 is 1.